The molecule has 2 aliphatic rings. The van der Waals surface area contributed by atoms with Crippen LogP contribution in [0.25, 0.3) is 0 Å². The summed E-state index contributed by atoms with van der Waals surface area (Å²) in [6.07, 6.45) is 2.78. The molecule has 7 atom stereocenters. The van der Waals surface area contributed by atoms with Crippen LogP contribution in [-0.4, -0.2) is 107 Å². The van der Waals surface area contributed by atoms with Gasteiger partial charge in [-0.25, -0.2) is 4.79 Å². The Hall–Kier alpha value is -3.40. The van der Waals surface area contributed by atoms with Crippen LogP contribution in [0, 0.1) is 11.8 Å². The van der Waals surface area contributed by atoms with Gasteiger partial charge in [0, 0.05) is 18.7 Å². The number of rotatable bonds is 18. The fourth-order valence-corrected chi connectivity index (χ4v) is 5.85. The summed E-state index contributed by atoms with van der Waals surface area (Å²) in [6, 6.07) is -5.81. The minimum Gasteiger partial charge on any atom is -0.480 e. The van der Waals surface area contributed by atoms with Crippen molar-refractivity contribution in [3.63, 3.8) is 0 Å². The van der Waals surface area contributed by atoms with Crippen molar-refractivity contribution in [2.24, 2.45) is 17.6 Å². The van der Waals surface area contributed by atoms with Gasteiger partial charge in [-0.15, -0.1) is 0 Å². The van der Waals surface area contributed by atoms with Gasteiger partial charge in [-0.3, -0.25) is 28.8 Å². The van der Waals surface area contributed by atoms with Crippen LogP contribution in [0.5, 0.6) is 0 Å². The predicted molar refractivity (Wildman–Crippen MR) is 172 cm³/mol. The molecule has 7 unspecified atom stereocenters. The Morgan fingerprint density at radius 2 is 1.59 bits per heavy atom. The quantitative estimate of drug-likeness (QED) is 0.0840. The van der Waals surface area contributed by atoms with Gasteiger partial charge in [-0.05, 0) is 56.9 Å². The second-order valence-electron chi connectivity index (χ2n) is 12.5. The molecule has 2 rings (SSSR count). The molecule has 2 saturated heterocycles. The molecule has 0 aliphatic carbocycles. The molecule has 15 nitrogen and oxygen atoms in total. The van der Waals surface area contributed by atoms with E-state index in [1.807, 2.05) is 27.7 Å². The zero-order valence-electron chi connectivity index (χ0n) is 27.2. The summed E-state index contributed by atoms with van der Waals surface area (Å²) in [5, 5.41) is 23.0. The lowest BCUT2D eigenvalue weighted by Gasteiger charge is -2.32. The van der Waals surface area contributed by atoms with E-state index in [0.29, 0.717) is 25.7 Å². The Morgan fingerprint density at radius 1 is 0.913 bits per heavy atom. The lowest BCUT2D eigenvalue weighted by Crippen LogP contribution is -2.60. The molecule has 8 N–H and O–H groups in total. The van der Waals surface area contributed by atoms with Crippen molar-refractivity contribution in [1.29, 1.82) is 0 Å². The van der Waals surface area contributed by atoms with Gasteiger partial charge in [0.05, 0.1) is 6.04 Å². The SMILES string of the molecule is CCC(C)C(NC(=O)C1CCCN1)C(=O)NC(CC(C)C)C(=O)N1CCCC1C(=O)NC(CCC(N)=O)C(=O)NC(CS)C(=O)O. The van der Waals surface area contributed by atoms with E-state index in [-0.39, 0.29) is 55.3 Å². The van der Waals surface area contributed by atoms with E-state index in [0.717, 1.165) is 13.0 Å². The van der Waals surface area contributed by atoms with E-state index >= 15 is 0 Å². The maximum Gasteiger partial charge on any atom is 0.327 e. The Balaban J connectivity index is 2.22. The Labute approximate surface area is 275 Å². The fraction of sp³-hybridized carbons (Fsp3) is 0.767. The summed E-state index contributed by atoms with van der Waals surface area (Å²) in [7, 11) is 0. The Kier molecular flexibility index (Phi) is 15.7. The van der Waals surface area contributed by atoms with Crippen LogP contribution in [0.3, 0.4) is 0 Å². The maximum absolute atomic E-state index is 13.9. The number of nitrogens with two attached hydrogens (primary N) is 1. The average Bonchev–Trinajstić information content (AvgIpc) is 3.72. The number of aliphatic carboxylic acids is 1. The van der Waals surface area contributed by atoms with Crippen LogP contribution in [0.15, 0.2) is 0 Å². The molecule has 2 heterocycles. The molecule has 0 aromatic rings. The smallest absolute Gasteiger partial charge is 0.327 e. The number of primary amides is 1. The van der Waals surface area contributed by atoms with E-state index < -0.39 is 65.7 Å². The van der Waals surface area contributed by atoms with E-state index in [2.05, 4.69) is 39.2 Å². The molecule has 0 saturated carbocycles. The first-order valence-corrected chi connectivity index (χ1v) is 16.7. The fourth-order valence-electron chi connectivity index (χ4n) is 5.60. The minimum absolute atomic E-state index is 0.000605. The summed E-state index contributed by atoms with van der Waals surface area (Å²) in [6.45, 7) is 8.52. The van der Waals surface area contributed by atoms with Gasteiger partial charge in [-0.2, -0.15) is 12.6 Å². The third kappa shape index (κ3) is 11.4. The van der Waals surface area contributed by atoms with Crippen molar-refractivity contribution in [3.05, 3.63) is 0 Å². The third-order valence-corrected chi connectivity index (χ3v) is 8.80. The highest BCUT2D eigenvalue weighted by Gasteiger charge is 2.40. The topological polar surface area (TPSA) is 229 Å². The summed E-state index contributed by atoms with van der Waals surface area (Å²) < 4.78 is 0. The maximum atomic E-state index is 13.9. The van der Waals surface area contributed by atoms with Crippen molar-refractivity contribution in [3.8, 4) is 0 Å². The van der Waals surface area contributed by atoms with Gasteiger partial charge in [0.25, 0.3) is 0 Å². The molecule has 6 amide bonds. The summed E-state index contributed by atoms with van der Waals surface area (Å²) >= 11 is 3.94. The van der Waals surface area contributed by atoms with Gasteiger partial charge in [0.15, 0.2) is 0 Å². The molecular formula is C30H51N7O8S. The molecule has 260 valence electrons. The van der Waals surface area contributed by atoms with Gasteiger partial charge in [0.1, 0.15) is 30.2 Å². The molecule has 16 heteroatoms. The molecule has 0 bridgehead atoms. The number of likely N-dealkylation sites (tertiary alicyclic amines) is 1. The molecule has 0 aromatic heterocycles. The monoisotopic (exact) mass is 669 g/mol. The number of hydrogen-bond donors (Lipinski definition) is 8. The number of nitrogens with zero attached hydrogens (tertiary/aromatic N) is 1. The number of carbonyl (C=O) groups excluding carboxylic acids is 6. The van der Waals surface area contributed by atoms with Crippen LogP contribution in [0.1, 0.15) is 79.1 Å². The zero-order valence-corrected chi connectivity index (χ0v) is 28.1. The Morgan fingerprint density at radius 3 is 2.13 bits per heavy atom. The highest BCUT2D eigenvalue weighted by molar-refractivity contribution is 7.80. The molecule has 0 spiro atoms. The molecule has 0 radical (unpaired) electrons. The second-order valence-corrected chi connectivity index (χ2v) is 12.9. The zero-order chi connectivity index (χ0) is 34.6. The molecule has 2 fully saturated rings. The molecular weight excluding hydrogens is 618 g/mol. The number of amides is 6. The highest BCUT2D eigenvalue weighted by Crippen LogP contribution is 2.21. The first-order valence-electron chi connectivity index (χ1n) is 16.1. The summed E-state index contributed by atoms with van der Waals surface area (Å²) in [5.41, 5.74) is 5.25. The van der Waals surface area contributed by atoms with Crippen LogP contribution >= 0.6 is 12.6 Å². The first kappa shape index (κ1) is 38.8. The van der Waals surface area contributed by atoms with Crippen molar-refractivity contribution in [2.45, 2.75) is 115 Å². The molecule has 0 aromatic carbocycles. The lowest BCUT2D eigenvalue weighted by molar-refractivity contribution is -0.143. The Bertz CT molecular complexity index is 1120. The summed E-state index contributed by atoms with van der Waals surface area (Å²) in [5.74, 6) is -5.15. The molecule has 2 aliphatic heterocycles. The van der Waals surface area contributed by atoms with E-state index in [9.17, 15) is 38.7 Å². The lowest BCUT2D eigenvalue weighted by atomic mass is 9.96. The average molecular weight is 670 g/mol. The molecule has 46 heavy (non-hydrogen) atoms. The normalized spacial score (nSPS) is 21.0. The summed E-state index contributed by atoms with van der Waals surface area (Å²) in [4.78, 5) is 91.0. The van der Waals surface area contributed by atoms with Crippen molar-refractivity contribution < 1.29 is 38.7 Å². The largest absolute Gasteiger partial charge is 0.480 e. The van der Waals surface area contributed by atoms with E-state index in [1.54, 1.807) is 0 Å². The highest BCUT2D eigenvalue weighted by atomic mass is 32.1. The predicted octanol–water partition coefficient (Wildman–Crippen LogP) is -0.959. The van der Waals surface area contributed by atoms with Crippen molar-refractivity contribution in [2.75, 3.05) is 18.8 Å². The number of carboxylic acid groups (broad SMARTS) is 1. The standard InChI is InChI=1S/C30H51N7O8S/c1-5-17(4)24(36-25(39)18-8-6-12-32-18)28(42)34-20(14-16(2)3)29(43)37-13-7-9-22(37)27(41)33-19(10-11-23(31)38)26(40)35-21(15-46)30(44)45/h16-22,24,32,46H,5-15H2,1-4H3,(H2,31,38)(H,33,41)(H,34,42)(H,35,40)(H,36,39)(H,44,45). The van der Waals surface area contributed by atoms with Crippen LogP contribution in [0.2, 0.25) is 0 Å². The number of nitrogens with one attached hydrogen (secondary N) is 5. The van der Waals surface area contributed by atoms with E-state index in [4.69, 9.17) is 5.73 Å². The third-order valence-electron chi connectivity index (χ3n) is 8.44. The van der Waals surface area contributed by atoms with Crippen LogP contribution < -0.4 is 32.3 Å². The van der Waals surface area contributed by atoms with Crippen LogP contribution in [-0.2, 0) is 33.6 Å². The van der Waals surface area contributed by atoms with Gasteiger partial charge in [0.2, 0.25) is 35.4 Å². The number of hydrogen-bond acceptors (Lipinski definition) is 9. The second kappa shape index (κ2) is 18.7. The van der Waals surface area contributed by atoms with Gasteiger partial charge in [-0.1, -0.05) is 34.1 Å². The number of carbonyl (C=O) groups is 7. The number of carboxylic acids is 1. The minimum atomic E-state index is -1.33. The van der Waals surface area contributed by atoms with Crippen molar-refractivity contribution >= 4 is 54.0 Å². The van der Waals surface area contributed by atoms with E-state index in [1.165, 1.54) is 4.90 Å². The van der Waals surface area contributed by atoms with Gasteiger partial charge >= 0.3 is 5.97 Å². The van der Waals surface area contributed by atoms with Gasteiger partial charge < -0.3 is 42.3 Å². The van der Waals surface area contributed by atoms with Crippen molar-refractivity contribution in [1.82, 2.24) is 31.5 Å². The number of thiol groups is 1. The first-order chi connectivity index (χ1) is 21.7. The van der Waals surface area contributed by atoms with Crippen LogP contribution in [0.4, 0.5) is 0 Å².